The van der Waals surface area contributed by atoms with Gasteiger partial charge in [0.25, 0.3) is 10.1 Å². The van der Waals surface area contributed by atoms with Gasteiger partial charge in [0.05, 0.1) is 6.61 Å². The first-order valence-electron chi connectivity index (χ1n) is 4.69. The van der Waals surface area contributed by atoms with E-state index in [1.165, 1.54) is 18.2 Å². The first kappa shape index (κ1) is 16.6. The molecule has 7 heteroatoms. The zero-order valence-electron chi connectivity index (χ0n) is 10.7. The predicted molar refractivity (Wildman–Crippen MR) is 58.5 cm³/mol. The molecule has 0 amide bonds. The summed E-state index contributed by atoms with van der Waals surface area (Å²) >= 11 is 0. The summed E-state index contributed by atoms with van der Waals surface area (Å²) < 4.78 is 36.4. The third-order valence-corrected chi connectivity index (χ3v) is 2.81. The Morgan fingerprint density at radius 1 is 1.47 bits per heavy atom. The van der Waals surface area contributed by atoms with Crippen molar-refractivity contribution in [3.8, 4) is 5.75 Å². The van der Waals surface area contributed by atoms with Gasteiger partial charge in [-0.1, -0.05) is 19.1 Å². The number of aldehydes is 1. The van der Waals surface area contributed by atoms with Crippen molar-refractivity contribution in [2.24, 2.45) is 0 Å². The van der Waals surface area contributed by atoms with Gasteiger partial charge in [-0.15, -0.1) is 0 Å². The van der Waals surface area contributed by atoms with Crippen molar-refractivity contribution in [1.82, 2.24) is 0 Å². The molecule has 90 valence electrons. The van der Waals surface area contributed by atoms with Crippen molar-refractivity contribution in [2.75, 3.05) is 6.61 Å². The minimum absolute atomic E-state index is 0. The van der Waals surface area contributed by atoms with E-state index in [0.29, 0.717) is 19.3 Å². The molecule has 1 aromatic carbocycles. The molecule has 0 aliphatic heterocycles. The van der Waals surface area contributed by atoms with Crippen LogP contribution < -0.4 is 34.3 Å². The number of benzene rings is 1. The average molecular weight is 268 g/mol. The molecule has 0 saturated heterocycles. The zero-order valence-corrected chi connectivity index (χ0v) is 12.5. The largest absolute Gasteiger partial charge is 1.00 e. The van der Waals surface area contributed by atoms with Gasteiger partial charge in [-0.25, -0.2) is 0 Å². The maximum absolute atomic E-state index is 11.1. The first-order chi connectivity index (χ1) is 7.50. The summed E-state index contributed by atoms with van der Waals surface area (Å²) in [4.78, 5) is 10.2. The monoisotopic (exact) mass is 268 g/mol. The number of hydrogen-bond acceptors (Lipinski definition) is 4. The summed E-state index contributed by atoms with van der Waals surface area (Å²) in [7, 11) is -4.46. The van der Waals surface area contributed by atoms with Crippen molar-refractivity contribution in [2.45, 2.75) is 18.2 Å². The summed E-state index contributed by atoms with van der Waals surface area (Å²) in [6.45, 7) is 2.17. The molecule has 0 aromatic heterocycles. The van der Waals surface area contributed by atoms with Crippen LogP contribution in [0.3, 0.4) is 0 Å². The van der Waals surface area contributed by atoms with Crippen LogP contribution in [0.4, 0.5) is 0 Å². The van der Waals surface area contributed by atoms with Gasteiger partial charge in [0.15, 0.2) is 6.29 Å². The van der Waals surface area contributed by atoms with Crippen molar-refractivity contribution in [1.29, 1.82) is 0 Å². The van der Waals surface area contributed by atoms with Gasteiger partial charge in [-0.05, 0) is 12.5 Å². The molecule has 0 heterocycles. The van der Waals surface area contributed by atoms with Crippen molar-refractivity contribution in [3.05, 3.63) is 23.8 Å². The van der Waals surface area contributed by atoms with Gasteiger partial charge in [-0.3, -0.25) is 9.35 Å². The number of rotatable bonds is 5. The molecule has 0 radical (unpaired) electrons. The molecule has 1 N–H and O–H groups in total. The van der Waals surface area contributed by atoms with Crippen LogP contribution in [0.15, 0.2) is 23.1 Å². The Bertz CT molecular complexity index is 489. The summed E-state index contributed by atoms with van der Waals surface area (Å²) in [6, 6.07) is 4.18. The SMILES string of the molecule is CCCOc1cccc(C=O)c1S(=O)(=O)O.[H-].[Na+]. The molecule has 0 bridgehead atoms. The molecule has 0 unspecified atom stereocenters. The van der Waals surface area contributed by atoms with Gasteiger partial charge < -0.3 is 6.16 Å². The molecule has 0 atom stereocenters. The van der Waals surface area contributed by atoms with E-state index in [9.17, 15) is 13.2 Å². The molecule has 0 aliphatic carbocycles. The van der Waals surface area contributed by atoms with Crippen LogP contribution in [-0.4, -0.2) is 25.9 Å². The van der Waals surface area contributed by atoms with Crippen LogP contribution in [0.1, 0.15) is 25.1 Å². The molecule has 17 heavy (non-hydrogen) atoms. The van der Waals surface area contributed by atoms with Crippen LogP contribution in [0.5, 0.6) is 5.75 Å². The minimum Gasteiger partial charge on any atom is -1.00 e. The van der Waals surface area contributed by atoms with Crippen LogP contribution in [-0.2, 0) is 10.1 Å². The van der Waals surface area contributed by atoms with Gasteiger partial charge in [0.1, 0.15) is 10.6 Å². The molecule has 0 spiro atoms. The molecule has 0 aliphatic rings. The first-order valence-corrected chi connectivity index (χ1v) is 6.13. The Morgan fingerprint density at radius 3 is 2.59 bits per heavy atom. The van der Waals surface area contributed by atoms with E-state index in [1.807, 2.05) is 6.92 Å². The summed E-state index contributed by atoms with van der Waals surface area (Å²) in [5, 5.41) is 0. The Kier molecular flexibility index (Phi) is 6.96. The molecular weight excluding hydrogens is 255 g/mol. The van der Waals surface area contributed by atoms with Gasteiger partial charge >= 0.3 is 29.6 Å². The second kappa shape index (κ2) is 7.13. The van der Waals surface area contributed by atoms with E-state index in [2.05, 4.69) is 0 Å². The molecular formula is C10H13NaO5S. The van der Waals surface area contributed by atoms with E-state index in [0.717, 1.165) is 0 Å². The van der Waals surface area contributed by atoms with E-state index in [-0.39, 0.29) is 42.3 Å². The van der Waals surface area contributed by atoms with Crippen molar-refractivity contribution >= 4 is 16.4 Å². The summed E-state index contributed by atoms with van der Waals surface area (Å²) in [5.74, 6) is -0.00560. The zero-order chi connectivity index (χ0) is 12.2. The maximum Gasteiger partial charge on any atom is 1.00 e. The van der Waals surface area contributed by atoms with Gasteiger partial charge in [-0.2, -0.15) is 8.42 Å². The second-order valence-electron chi connectivity index (χ2n) is 3.12. The number of carbonyl (C=O) groups excluding carboxylic acids is 1. The number of hydrogen-bond donors (Lipinski definition) is 1. The van der Waals surface area contributed by atoms with Crippen LogP contribution in [0.25, 0.3) is 0 Å². The van der Waals surface area contributed by atoms with Crippen molar-refractivity contribution < 1.29 is 53.5 Å². The maximum atomic E-state index is 11.1. The molecule has 1 rings (SSSR count). The third-order valence-electron chi connectivity index (χ3n) is 1.86. The quantitative estimate of drug-likeness (QED) is 0.406. The topological polar surface area (TPSA) is 80.7 Å². The van der Waals surface area contributed by atoms with Crippen LogP contribution >= 0.6 is 0 Å². The third kappa shape index (κ3) is 4.40. The normalized spacial score (nSPS) is 10.5. The van der Waals surface area contributed by atoms with Crippen LogP contribution in [0, 0.1) is 0 Å². The molecule has 5 nitrogen and oxygen atoms in total. The number of carbonyl (C=O) groups is 1. The van der Waals surface area contributed by atoms with E-state index in [1.54, 1.807) is 0 Å². The molecule has 0 fully saturated rings. The smallest absolute Gasteiger partial charge is 1.00 e. The molecule has 0 saturated carbocycles. The Labute approximate surface area is 124 Å². The number of ether oxygens (including phenoxy) is 1. The Balaban J connectivity index is 0. The Hall–Kier alpha value is -0.400. The van der Waals surface area contributed by atoms with Crippen LogP contribution in [0.2, 0.25) is 0 Å². The van der Waals surface area contributed by atoms with Crippen molar-refractivity contribution in [3.63, 3.8) is 0 Å². The van der Waals surface area contributed by atoms with E-state index >= 15 is 0 Å². The van der Waals surface area contributed by atoms with Gasteiger partial charge in [0.2, 0.25) is 0 Å². The summed E-state index contributed by atoms with van der Waals surface area (Å²) in [5.41, 5.74) is -0.115. The van der Waals surface area contributed by atoms with E-state index in [4.69, 9.17) is 9.29 Å². The predicted octanol–water partition coefficient (Wildman–Crippen LogP) is -1.35. The fourth-order valence-electron chi connectivity index (χ4n) is 1.23. The van der Waals surface area contributed by atoms with E-state index < -0.39 is 15.0 Å². The second-order valence-corrected chi connectivity index (χ2v) is 4.47. The summed E-state index contributed by atoms with van der Waals surface area (Å²) in [6.07, 6.45) is 1.05. The minimum atomic E-state index is -4.46. The standard InChI is InChI=1S/C10H12O5S.Na.H/c1-2-6-15-9-5-3-4-8(7-11)10(9)16(12,13)14;;/h3-5,7H,2,6H2,1H3,(H,12,13,14);;/q;+1;-1. The fourth-order valence-corrected chi connectivity index (χ4v) is 2.02. The van der Waals surface area contributed by atoms with Gasteiger partial charge in [0, 0.05) is 5.56 Å². The average Bonchev–Trinajstić information content (AvgIpc) is 2.24. The molecule has 1 aromatic rings. The Morgan fingerprint density at radius 2 is 2.12 bits per heavy atom. The fraction of sp³-hybridized carbons (Fsp3) is 0.300.